The van der Waals surface area contributed by atoms with Crippen LogP contribution in [0.1, 0.15) is 51.0 Å². The van der Waals surface area contributed by atoms with E-state index in [9.17, 15) is 13.2 Å². The number of sulfonamides is 1. The summed E-state index contributed by atoms with van der Waals surface area (Å²) in [4.78, 5) is 11.9. The van der Waals surface area contributed by atoms with E-state index in [4.69, 9.17) is 0 Å². The molecule has 1 unspecified atom stereocenters. The van der Waals surface area contributed by atoms with Gasteiger partial charge in [0.1, 0.15) is 0 Å². The number of carbonyl (C=O) groups is 1. The molecule has 24 heavy (non-hydrogen) atoms. The van der Waals surface area contributed by atoms with E-state index in [1.807, 2.05) is 26.0 Å². The molecule has 1 N–H and O–H groups in total. The Morgan fingerprint density at radius 3 is 2.62 bits per heavy atom. The van der Waals surface area contributed by atoms with Crippen LogP contribution in [0.3, 0.4) is 0 Å². The average Bonchev–Trinajstić information content (AvgIpc) is 2.56. The van der Waals surface area contributed by atoms with Gasteiger partial charge >= 0.3 is 0 Å². The molecular weight excluding hydrogens is 324 g/mol. The second-order valence-electron chi connectivity index (χ2n) is 6.47. The minimum absolute atomic E-state index is 0.0352. The van der Waals surface area contributed by atoms with Gasteiger partial charge in [0, 0.05) is 25.6 Å². The maximum absolute atomic E-state index is 12.9. The van der Waals surface area contributed by atoms with Crippen LogP contribution in [0.4, 0.5) is 0 Å². The summed E-state index contributed by atoms with van der Waals surface area (Å²) >= 11 is 0. The lowest BCUT2D eigenvalue weighted by Crippen LogP contribution is -2.45. The van der Waals surface area contributed by atoms with Crippen molar-refractivity contribution >= 4 is 15.9 Å². The molecule has 2 rings (SSSR count). The highest BCUT2D eigenvalue weighted by Crippen LogP contribution is 2.27. The maximum atomic E-state index is 12.9. The lowest BCUT2D eigenvalue weighted by molar-refractivity contribution is -0.121. The van der Waals surface area contributed by atoms with Gasteiger partial charge in [-0.1, -0.05) is 31.0 Å². The summed E-state index contributed by atoms with van der Waals surface area (Å²) in [5.74, 6) is 0.0428. The van der Waals surface area contributed by atoms with Crippen LogP contribution in [0.2, 0.25) is 0 Å². The van der Waals surface area contributed by atoms with Crippen molar-refractivity contribution in [2.24, 2.45) is 0 Å². The van der Waals surface area contributed by atoms with Crippen molar-refractivity contribution < 1.29 is 13.2 Å². The fourth-order valence-corrected chi connectivity index (χ4v) is 4.84. The van der Waals surface area contributed by atoms with Gasteiger partial charge in [0.25, 0.3) is 0 Å². The molecule has 0 saturated carbocycles. The third kappa shape index (κ3) is 4.80. The van der Waals surface area contributed by atoms with Crippen molar-refractivity contribution in [3.63, 3.8) is 0 Å². The van der Waals surface area contributed by atoms with Crippen molar-refractivity contribution in [1.82, 2.24) is 9.62 Å². The first-order chi connectivity index (χ1) is 11.4. The van der Waals surface area contributed by atoms with Crippen LogP contribution < -0.4 is 5.32 Å². The number of nitrogens with zero attached hydrogens (tertiary/aromatic N) is 1. The van der Waals surface area contributed by atoms with Crippen molar-refractivity contribution in [3.05, 3.63) is 29.8 Å². The number of rotatable bonds is 7. The summed E-state index contributed by atoms with van der Waals surface area (Å²) in [5.41, 5.74) is 1.04. The lowest BCUT2D eigenvalue weighted by atomic mass is 10.0. The summed E-state index contributed by atoms with van der Waals surface area (Å²) < 4.78 is 27.5. The van der Waals surface area contributed by atoms with Crippen molar-refractivity contribution in [2.45, 2.75) is 63.3 Å². The van der Waals surface area contributed by atoms with E-state index in [1.54, 1.807) is 16.4 Å². The molecule has 1 aliphatic rings. The minimum atomic E-state index is -3.47. The monoisotopic (exact) mass is 352 g/mol. The van der Waals surface area contributed by atoms with Crippen molar-refractivity contribution in [1.29, 1.82) is 0 Å². The Hall–Kier alpha value is -1.40. The van der Waals surface area contributed by atoms with Gasteiger partial charge in [-0.05, 0) is 44.7 Å². The molecule has 5 nitrogen and oxygen atoms in total. The first kappa shape index (κ1) is 18.9. The molecule has 1 aliphatic heterocycles. The second-order valence-corrected chi connectivity index (χ2v) is 8.36. The van der Waals surface area contributed by atoms with E-state index in [1.165, 1.54) is 0 Å². The normalized spacial score (nSPS) is 19.2. The average molecular weight is 353 g/mol. The number of hydrogen-bond donors (Lipinski definition) is 1. The minimum Gasteiger partial charge on any atom is -0.356 e. The first-order valence-corrected chi connectivity index (χ1v) is 10.2. The number of benzene rings is 1. The summed E-state index contributed by atoms with van der Waals surface area (Å²) in [7, 11) is -3.47. The Morgan fingerprint density at radius 1 is 1.25 bits per heavy atom. The zero-order valence-electron chi connectivity index (χ0n) is 14.6. The smallest absolute Gasteiger partial charge is 0.243 e. The van der Waals surface area contributed by atoms with Gasteiger partial charge in [-0.25, -0.2) is 8.42 Å². The second kappa shape index (κ2) is 8.62. The van der Waals surface area contributed by atoms with E-state index in [0.717, 1.165) is 31.2 Å². The third-order valence-corrected chi connectivity index (χ3v) is 6.44. The summed E-state index contributed by atoms with van der Waals surface area (Å²) in [6, 6.07) is 6.98. The Labute approximate surface area is 145 Å². The molecule has 1 fully saturated rings. The molecule has 1 amide bonds. The lowest BCUT2D eigenvalue weighted by Gasteiger charge is -2.34. The fourth-order valence-electron chi connectivity index (χ4n) is 3.12. The fraction of sp³-hybridized carbons (Fsp3) is 0.611. The number of nitrogens with one attached hydrogen (secondary N) is 1. The molecule has 6 heteroatoms. The standard InChI is InChI=1S/C18H28N2O3S/c1-3-6-18(21)19-13-12-16-7-4-5-14-20(16)24(22,23)17-10-8-15(2)9-11-17/h8-11,16H,3-7,12-14H2,1-2H3,(H,19,21). The Kier molecular flexibility index (Phi) is 6.80. The predicted molar refractivity (Wildman–Crippen MR) is 95.2 cm³/mol. The number of aryl methyl sites for hydroxylation is 1. The molecule has 134 valence electrons. The van der Waals surface area contributed by atoms with E-state index in [-0.39, 0.29) is 11.9 Å². The van der Waals surface area contributed by atoms with Crippen LogP contribution in [-0.4, -0.2) is 37.8 Å². The Morgan fingerprint density at radius 2 is 1.96 bits per heavy atom. The number of hydrogen-bond acceptors (Lipinski definition) is 3. The number of piperidine rings is 1. The van der Waals surface area contributed by atoms with Gasteiger partial charge in [0.2, 0.25) is 15.9 Å². The van der Waals surface area contributed by atoms with Gasteiger partial charge in [-0.15, -0.1) is 0 Å². The molecule has 1 aromatic rings. The van der Waals surface area contributed by atoms with Crippen LogP contribution in [0, 0.1) is 6.92 Å². The van der Waals surface area contributed by atoms with E-state index < -0.39 is 10.0 Å². The molecule has 1 heterocycles. The predicted octanol–water partition coefficient (Wildman–Crippen LogP) is 2.84. The van der Waals surface area contributed by atoms with E-state index in [2.05, 4.69) is 5.32 Å². The Bertz CT molecular complexity index is 641. The summed E-state index contributed by atoms with van der Waals surface area (Å²) in [6.45, 7) is 5.00. The van der Waals surface area contributed by atoms with Crippen LogP contribution in [-0.2, 0) is 14.8 Å². The number of carbonyl (C=O) groups excluding carboxylic acids is 1. The Balaban J connectivity index is 2.05. The molecule has 1 atom stereocenters. The number of amides is 1. The van der Waals surface area contributed by atoms with Gasteiger partial charge in [0.15, 0.2) is 0 Å². The summed E-state index contributed by atoms with van der Waals surface area (Å²) in [6.07, 6.45) is 4.80. The highest BCUT2D eigenvalue weighted by molar-refractivity contribution is 7.89. The topological polar surface area (TPSA) is 66.5 Å². The van der Waals surface area contributed by atoms with Gasteiger partial charge < -0.3 is 5.32 Å². The van der Waals surface area contributed by atoms with E-state index >= 15 is 0 Å². The van der Waals surface area contributed by atoms with Crippen molar-refractivity contribution in [2.75, 3.05) is 13.1 Å². The summed E-state index contributed by atoms with van der Waals surface area (Å²) in [5, 5.41) is 2.89. The quantitative estimate of drug-likeness (QED) is 0.820. The highest BCUT2D eigenvalue weighted by atomic mass is 32.2. The van der Waals surface area contributed by atoms with Crippen LogP contribution in [0.25, 0.3) is 0 Å². The maximum Gasteiger partial charge on any atom is 0.243 e. The molecule has 1 saturated heterocycles. The van der Waals surface area contributed by atoms with Gasteiger partial charge in [0.05, 0.1) is 4.90 Å². The molecule has 0 aromatic heterocycles. The molecule has 0 spiro atoms. The first-order valence-electron chi connectivity index (χ1n) is 8.80. The third-order valence-electron chi connectivity index (χ3n) is 4.48. The van der Waals surface area contributed by atoms with Gasteiger partial charge in [-0.3, -0.25) is 4.79 Å². The molecule has 1 aromatic carbocycles. The SMILES string of the molecule is CCCC(=O)NCCC1CCCCN1S(=O)(=O)c1ccc(C)cc1. The zero-order chi connectivity index (χ0) is 17.6. The van der Waals surface area contributed by atoms with Crippen LogP contribution in [0.5, 0.6) is 0 Å². The van der Waals surface area contributed by atoms with Crippen LogP contribution >= 0.6 is 0 Å². The zero-order valence-corrected chi connectivity index (χ0v) is 15.4. The molecule has 0 aliphatic carbocycles. The molecule has 0 radical (unpaired) electrons. The van der Waals surface area contributed by atoms with Crippen molar-refractivity contribution in [3.8, 4) is 0 Å². The molecule has 0 bridgehead atoms. The van der Waals surface area contributed by atoms with Crippen LogP contribution in [0.15, 0.2) is 29.2 Å². The van der Waals surface area contributed by atoms with E-state index in [0.29, 0.717) is 30.8 Å². The highest BCUT2D eigenvalue weighted by Gasteiger charge is 2.33. The molecular formula is C18H28N2O3S. The van der Waals surface area contributed by atoms with Gasteiger partial charge in [-0.2, -0.15) is 4.31 Å². The largest absolute Gasteiger partial charge is 0.356 e.